The molecule has 0 aromatic heterocycles. The van der Waals surface area contributed by atoms with Crippen LogP contribution in [-0.4, -0.2) is 52.0 Å². The zero-order valence-corrected chi connectivity index (χ0v) is 18.0. The molecular formula is C23H24N2O4S. The van der Waals surface area contributed by atoms with Gasteiger partial charge in [0.05, 0.1) is 0 Å². The Balaban J connectivity index is 1.53. The summed E-state index contributed by atoms with van der Waals surface area (Å²) in [6.45, 7) is 4.06. The molecule has 0 N–H and O–H groups in total. The van der Waals surface area contributed by atoms with Crippen LogP contribution in [0.2, 0.25) is 0 Å². The fourth-order valence-corrected chi connectivity index (χ4v) is 5.53. The average Bonchev–Trinajstić information content (AvgIpc) is 3.03. The molecule has 0 spiro atoms. The van der Waals surface area contributed by atoms with Crippen molar-refractivity contribution in [3.8, 4) is 0 Å². The summed E-state index contributed by atoms with van der Waals surface area (Å²) in [5, 5.41) is -0.390. The SMILES string of the molecule is CO[C@@]1(N=Cc2ccccc2)C(=O)N2[C@@H](C(=O)OCc3ccccc3)C(C)(C)S[C@@H]21. The fraction of sp³-hybridized carbons (Fsp3) is 0.348. The van der Waals surface area contributed by atoms with E-state index in [4.69, 9.17) is 9.47 Å². The Morgan fingerprint density at radius 3 is 2.40 bits per heavy atom. The first-order chi connectivity index (χ1) is 14.4. The molecule has 0 radical (unpaired) electrons. The zero-order chi connectivity index (χ0) is 21.4. The second kappa shape index (κ2) is 7.89. The van der Waals surface area contributed by atoms with Gasteiger partial charge in [0.25, 0.3) is 11.6 Å². The Morgan fingerprint density at radius 1 is 1.13 bits per heavy atom. The topological polar surface area (TPSA) is 68.2 Å². The molecule has 2 aliphatic rings. The summed E-state index contributed by atoms with van der Waals surface area (Å²) in [6, 6.07) is 18.3. The molecule has 7 heteroatoms. The van der Waals surface area contributed by atoms with E-state index in [1.165, 1.54) is 18.9 Å². The molecule has 2 heterocycles. The summed E-state index contributed by atoms with van der Waals surface area (Å²) in [6.07, 6.45) is 1.65. The first-order valence-electron chi connectivity index (χ1n) is 9.75. The van der Waals surface area contributed by atoms with Gasteiger partial charge in [0.2, 0.25) is 0 Å². The normalized spacial score (nSPS) is 27.0. The van der Waals surface area contributed by atoms with Crippen molar-refractivity contribution in [3.05, 3.63) is 71.8 Å². The molecule has 2 aromatic rings. The van der Waals surface area contributed by atoms with Crippen LogP contribution < -0.4 is 0 Å². The minimum atomic E-state index is -1.33. The number of carbonyl (C=O) groups excluding carboxylic acids is 2. The first kappa shape index (κ1) is 20.6. The highest BCUT2D eigenvalue weighted by Crippen LogP contribution is 2.56. The van der Waals surface area contributed by atoms with Crippen LogP contribution in [0.1, 0.15) is 25.0 Å². The molecule has 0 aliphatic carbocycles. The van der Waals surface area contributed by atoms with Gasteiger partial charge in [0.15, 0.2) is 0 Å². The van der Waals surface area contributed by atoms with E-state index in [-0.39, 0.29) is 17.9 Å². The van der Waals surface area contributed by atoms with Crippen molar-refractivity contribution in [2.75, 3.05) is 7.11 Å². The highest BCUT2D eigenvalue weighted by atomic mass is 32.2. The molecule has 2 fully saturated rings. The number of ether oxygens (including phenoxy) is 2. The molecule has 0 unspecified atom stereocenters. The number of methoxy groups -OCH3 is 1. The number of nitrogens with zero attached hydrogens (tertiary/aromatic N) is 2. The van der Waals surface area contributed by atoms with Gasteiger partial charge in [-0.05, 0) is 25.0 Å². The Labute approximate surface area is 180 Å². The van der Waals surface area contributed by atoms with Crippen LogP contribution in [0.25, 0.3) is 0 Å². The number of thioether (sulfide) groups is 1. The number of aliphatic imine (C=N–C) groups is 1. The molecule has 2 aromatic carbocycles. The van der Waals surface area contributed by atoms with Gasteiger partial charge >= 0.3 is 5.97 Å². The van der Waals surface area contributed by atoms with Crippen LogP contribution in [0.3, 0.4) is 0 Å². The number of amides is 1. The maximum Gasteiger partial charge on any atom is 0.330 e. The lowest BCUT2D eigenvalue weighted by Gasteiger charge is -2.49. The van der Waals surface area contributed by atoms with E-state index in [0.29, 0.717) is 0 Å². The van der Waals surface area contributed by atoms with Crippen molar-refractivity contribution in [3.63, 3.8) is 0 Å². The van der Waals surface area contributed by atoms with Gasteiger partial charge in [0, 0.05) is 18.1 Å². The summed E-state index contributed by atoms with van der Waals surface area (Å²) >= 11 is 1.51. The lowest BCUT2D eigenvalue weighted by Crippen LogP contribution is -2.73. The second-order valence-corrected chi connectivity index (χ2v) is 9.59. The van der Waals surface area contributed by atoms with Crippen molar-refractivity contribution >= 4 is 29.9 Å². The van der Waals surface area contributed by atoms with Crippen LogP contribution in [0.15, 0.2) is 65.7 Å². The Morgan fingerprint density at radius 2 is 1.77 bits per heavy atom. The monoisotopic (exact) mass is 424 g/mol. The van der Waals surface area contributed by atoms with E-state index >= 15 is 0 Å². The maximum atomic E-state index is 13.2. The second-order valence-electron chi connectivity index (χ2n) is 7.85. The van der Waals surface area contributed by atoms with Crippen molar-refractivity contribution in [2.45, 2.75) is 42.3 Å². The van der Waals surface area contributed by atoms with Gasteiger partial charge < -0.3 is 14.4 Å². The average molecular weight is 425 g/mol. The molecule has 30 heavy (non-hydrogen) atoms. The maximum absolute atomic E-state index is 13.2. The van der Waals surface area contributed by atoms with Gasteiger partial charge in [-0.2, -0.15) is 0 Å². The van der Waals surface area contributed by atoms with E-state index in [9.17, 15) is 9.59 Å². The number of benzene rings is 2. The molecule has 4 rings (SSSR count). The summed E-state index contributed by atoms with van der Waals surface area (Å²) in [4.78, 5) is 32.2. The third kappa shape index (κ3) is 3.42. The highest BCUT2D eigenvalue weighted by molar-refractivity contribution is 8.01. The fourth-order valence-electron chi connectivity index (χ4n) is 3.87. The highest BCUT2D eigenvalue weighted by Gasteiger charge is 2.72. The Bertz CT molecular complexity index is 964. The molecular weight excluding hydrogens is 400 g/mol. The molecule has 1 amide bonds. The quantitative estimate of drug-likeness (QED) is 0.405. The van der Waals surface area contributed by atoms with Crippen molar-refractivity contribution in [1.82, 2.24) is 4.90 Å². The Kier molecular flexibility index (Phi) is 5.42. The molecule has 3 atom stereocenters. The van der Waals surface area contributed by atoms with Crippen LogP contribution in [0.5, 0.6) is 0 Å². The summed E-state index contributed by atoms with van der Waals surface area (Å²) in [5.74, 6) is -0.731. The lowest BCUT2D eigenvalue weighted by molar-refractivity contribution is -0.193. The molecule has 156 valence electrons. The van der Waals surface area contributed by atoms with Crippen LogP contribution in [-0.2, 0) is 25.7 Å². The van der Waals surface area contributed by atoms with Gasteiger partial charge in [-0.25, -0.2) is 9.79 Å². The number of carbonyl (C=O) groups is 2. The number of hydrogen-bond acceptors (Lipinski definition) is 6. The molecule has 0 saturated carbocycles. The number of hydrogen-bond donors (Lipinski definition) is 0. The van der Waals surface area contributed by atoms with Crippen LogP contribution in [0, 0.1) is 0 Å². The van der Waals surface area contributed by atoms with Gasteiger partial charge in [0.1, 0.15) is 18.0 Å². The van der Waals surface area contributed by atoms with E-state index in [1.807, 2.05) is 74.5 Å². The largest absolute Gasteiger partial charge is 0.459 e. The smallest absolute Gasteiger partial charge is 0.330 e. The molecule has 2 saturated heterocycles. The van der Waals surface area contributed by atoms with Crippen LogP contribution in [0.4, 0.5) is 0 Å². The predicted molar refractivity (Wildman–Crippen MR) is 116 cm³/mol. The molecule has 0 bridgehead atoms. The van der Waals surface area contributed by atoms with Gasteiger partial charge in [-0.3, -0.25) is 4.79 Å². The van der Waals surface area contributed by atoms with Crippen molar-refractivity contribution in [1.29, 1.82) is 0 Å². The van der Waals surface area contributed by atoms with E-state index in [1.54, 1.807) is 11.1 Å². The van der Waals surface area contributed by atoms with Crippen LogP contribution >= 0.6 is 11.8 Å². The standard InChI is InChI=1S/C23H24N2O4S/c1-22(2)18(19(26)29-15-17-12-8-5-9-13-17)25-20(27)23(28-3,21(25)30-22)24-14-16-10-6-4-7-11-16/h4-14,18,21H,15H2,1-3H3/t18-,21+,23-/m0/s1. The number of rotatable bonds is 6. The Hall–Kier alpha value is -2.64. The number of esters is 1. The molecule has 2 aliphatic heterocycles. The van der Waals surface area contributed by atoms with Gasteiger partial charge in [-0.1, -0.05) is 60.7 Å². The first-order valence-corrected chi connectivity index (χ1v) is 10.6. The van der Waals surface area contributed by atoms with Crippen molar-refractivity contribution in [2.24, 2.45) is 4.99 Å². The number of β-lactam (4-membered cyclic amide) rings is 1. The zero-order valence-electron chi connectivity index (χ0n) is 17.1. The molecule has 6 nitrogen and oxygen atoms in total. The van der Waals surface area contributed by atoms with E-state index in [0.717, 1.165) is 11.1 Å². The minimum Gasteiger partial charge on any atom is -0.459 e. The summed E-state index contributed by atoms with van der Waals surface area (Å²) in [7, 11) is 1.48. The summed E-state index contributed by atoms with van der Waals surface area (Å²) < 4.78 is 10.6. The lowest BCUT2D eigenvalue weighted by atomic mass is 9.93. The number of fused-ring (bicyclic) bond motifs is 1. The third-order valence-electron chi connectivity index (χ3n) is 5.44. The third-order valence-corrected chi connectivity index (χ3v) is 7.04. The summed E-state index contributed by atoms with van der Waals surface area (Å²) in [5.41, 5.74) is 0.451. The van der Waals surface area contributed by atoms with E-state index < -0.39 is 22.5 Å². The van der Waals surface area contributed by atoms with Gasteiger partial charge in [-0.15, -0.1) is 11.8 Å². The van der Waals surface area contributed by atoms with Crippen molar-refractivity contribution < 1.29 is 19.1 Å². The predicted octanol–water partition coefficient (Wildman–Crippen LogP) is 3.25. The minimum absolute atomic E-state index is 0.172. The van der Waals surface area contributed by atoms with E-state index in [2.05, 4.69) is 4.99 Å².